The van der Waals surface area contributed by atoms with Gasteiger partial charge in [0, 0.05) is 25.7 Å². The van der Waals surface area contributed by atoms with Gasteiger partial charge in [0.15, 0.2) is 0 Å². The third-order valence-corrected chi connectivity index (χ3v) is 9.72. The van der Waals surface area contributed by atoms with Crippen molar-refractivity contribution >= 4 is 37.3 Å². The fraction of sp³-hybridized carbons (Fsp3) is 0.240. The fourth-order valence-corrected chi connectivity index (χ4v) is 6.74. The van der Waals surface area contributed by atoms with Gasteiger partial charge in [-0.1, -0.05) is 30.7 Å². The fourth-order valence-electron chi connectivity index (χ4n) is 3.96. The molecule has 0 aliphatic carbocycles. The molecule has 190 valence electrons. The van der Waals surface area contributed by atoms with Gasteiger partial charge in [0.2, 0.25) is 10.0 Å². The average Bonchev–Trinajstić information content (AvgIpc) is 2.90. The average molecular weight is 530 g/mol. The zero-order chi connectivity index (χ0) is 25.9. The maximum atomic E-state index is 13.1. The summed E-state index contributed by atoms with van der Waals surface area (Å²) < 4.78 is 54.7. The van der Waals surface area contributed by atoms with Crippen molar-refractivity contribution in [2.24, 2.45) is 0 Å². The molecule has 1 aliphatic rings. The lowest BCUT2D eigenvalue weighted by Crippen LogP contribution is -2.35. The summed E-state index contributed by atoms with van der Waals surface area (Å²) in [7, 11) is -6.31. The lowest BCUT2D eigenvalue weighted by Gasteiger charge is -2.26. The topological polar surface area (TPSA) is 124 Å². The van der Waals surface area contributed by atoms with E-state index in [4.69, 9.17) is 0 Å². The minimum absolute atomic E-state index is 0.0289. The third kappa shape index (κ3) is 5.23. The molecule has 2 N–H and O–H groups in total. The first-order valence-corrected chi connectivity index (χ1v) is 14.3. The van der Waals surface area contributed by atoms with Crippen molar-refractivity contribution in [3.8, 4) is 5.75 Å². The molecular formula is C25H27N3O6S2. The van der Waals surface area contributed by atoms with Crippen LogP contribution in [0.5, 0.6) is 5.75 Å². The molecule has 0 spiro atoms. The summed E-state index contributed by atoms with van der Waals surface area (Å²) in [6.45, 7) is 0.840. The highest BCUT2D eigenvalue weighted by Gasteiger charge is 2.27. The Hall–Kier alpha value is -3.41. The molecule has 36 heavy (non-hydrogen) atoms. The van der Waals surface area contributed by atoms with Gasteiger partial charge in [-0.25, -0.2) is 16.8 Å². The van der Waals surface area contributed by atoms with Crippen LogP contribution in [0.15, 0.2) is 82.6 Å². The third-order valence-electron chi connectivity index (χ3n) is 6.04. The van der Waals surface area contributed by atoms with E-state index in [1.165, 1.54) is 53.8 Å². The van der Waals surface area contributed by atoms with Crippen LogP contribution >= 0.6 is 0 Å². The molecule has 1 amide bonds. The minimum atomic E-state index is -3.95. The standard InChI is InChI=1S/C25H27N3O6S2/c1-27(20-10-4-2-5-11-20)35(31,32)21-12-8-9-19(17-21)25(30)26-23-18-22(13-14-24(23)29)36(33,34)28-15-6-3-7-16-28/h2,4-5,8-14,17-18,29H,3,6-7,15-16H2,1H3,(H,26,30). The molecule has 1 saturated heterocycles. The zero-order valence-electron chi connectivity index (χ0n) is 19.7. The van der Waals surface area contributed by atoms with E-state index < -0.39 is 26.0 Å². The molecule has 0 atom stereocenters. The van der Waals surface area contributed by atoms with Crippen molar-refractivity contribution in [2.75, 3.05) is 29.8 Å². The summed E-state index contributed by atoms with van der Waals surface area (Å²) in [5.74, 6) is -1.01. The quantitative estimate of drug-likeness (QED) is 0.451. The Morgan fingerprint density at radius 1 is 0.861 bits per heavy atom. The molecule has 1 fully saturated rings. The molecule has 9 nitrogen and oxygen atoms in total. The molecule has 0 radical (unpaired) electrons. The number of phenolic OH excluding ortho intramolecular Hbond substituents is 1. The number of nitrogens with one attached hydrogen (secondary N) is 1. The second-order valence-corrected chi connectivity index (χ2v) is 12.3. The van der Waals surface area contributed by atoms with E-state index in [0.29, 0.717) is 18.8 Å². The lowest BCUT2D eigenvalue weighted by molar-refractivity contribution is 0.102. The van der Waals surface area contributed by atoms with Gasteiger partial charge in [-0.3, -0.25) is 9.10 Å². The molecule has 4 rings (SSSR count). The summed E-state index contributed by atoms with van der Waals surface area (Å²) in [6, 6.07) is 17.7. The maximum absolute atomic E-state index is 13.1. The predicted molar refractivity (Wildman–Crippen MR) is 137 cm³/mol. The summed E-state index contributed by atoms with van der Waals surface area (Å²) in [5.41, 5.74) is 0.401. The highest BCUT2D eigenvalue weighted by Crippen LogP contribution is 2.30. The largest absolute Gasteiger partial charge is 0.506 e. The number of nitrogens with zero attached hydrogens (tertiary/aromatic N) is 2. The zero-order valence-corrected chi connectivity index (χ0v) is 21.3. The first-order valence-electron chi connectivity index (χ1n) is 11.4. The molecule has 3 aromatic rings. The Morgan fingerprint density at radius 2 is 1.56 bits per heavy atom. The van der Waals surface area contributed by atoms with Crippen LogP contribution in [0.1, 0.15) is 29.6 Å². The SMILES string of the molecule is CN(c1ccccc1)S(=O)(=O)c1cccc(C(=O)Nc2cc(S(=O)(=O)N3CCCCC3)ccc2O)c1. The number of phenols is 1. The van der Waals surface area contributed by atoms with Gasteiger partial charge in [-0.2, -0.15) is 4.31 Å². The minimum Gasteiger partial charge on any atom is -0.506 e. The van der Waals surface area contributed by atoms with E-state index >= 15 is 0 Å². The highest BCUT2D eigenvalue weighted by atomic mass is 32.2. The highest BCUT2D eigenvalue weighted by molar-refractivity contribution is 7.92. The number of sulfonamides is 2. The van der Waals surface area contributed by atoms with E-state index in [9.17, 15) is 26.7 Å². The smallest absolute Gasteiger partial charge is 0.264 e. The second kappa shape index (κ2) is 10.3. The first-order chi connectivity index (χ1) is 17.1. The maximum Gasteiger partial charge on any atom is 0.264 e. The van der Waals surface area contributed by atoms with Crippen LogP contribution in [0.25, 0.3) is 0 Å². The van der Waals surface area contributed by atoms with Crippen molar-refractivity contribution < 1.29 is 26.7 Å². The van der Waals surface area contributed by atoms with Gasteiger partial charge in [-0.05, 0) is 61.4 Å². The number of rotatable bonds is 7. The van der Waals surface area contributed by atoms with Gasteiger partial charge in [0.05, 0.1) is 21.2 Å². The predicted octanol–water partition coefficient (Wildman–Crippen LogP) is 3.64. The Labute approximate surface area is 211 Å². The van der Waals surface area contributed by atoms with E-state index in [2.05, 4.69) is 5.32 Å². The van der Waals surface area contributed by atoms with Crippen molar-refractivity contribution in [3.05, 3.63) is 78.4 Å². The van der Waals surface area contributed by atoms with Crippen LogP contribution in [-0.2, 0) is 20.0 Å². The Balaban J connectivity index is 1.58. The summed E-state index contributed by atoms with van der Waals surface area (Å²) in [6.07, 6.45) is 2.53. The number of aromatic hydroxyl groups is 1. The van der Waals surface area contributed by atoms with Crippen LogP contribution in [0, 0.1) is 0 Å². The van der Waals surface area contributed by atoms with Crippen molar-refractivity contribution in [3.63, 3.8) is 0 Å². The number of hydrogen-bond donors (Lipinski definition) is 2. The molecule has 1 heterocycles. The van der Waals surface area contributed by atoms with E-state index in [0.717, 1.165) is 23.6 Å². The Kier molecular flexibility index (Phi) is 7.34. The lowest BCUT2D eigenvalue weighted by atomic mass is 10.2. The van der Waals surface area contributed by atoms with Gasteiger partial charge in [-0.15, -0.1) is 0 Å². The number of carbonyl (C=O) groups is 1. The molecule has 0 saturated carbocycles. The van der Waals surface area contributed by atoms with Gasteiger partial charge >= 0.3 is 0 Å². The number of carbonyl (C=O) groups excluding carboxylic acids is 1. The Bertz CT molecular complexity index is 1470. The van der Waals surface area contributed by atoms with Gasteiger partial charge < -0.3 is 10.4 Å². The number of para-hydroxylation sites is 1. The molecule has 1 aliphatic heterocycles. The van der Waals surface area contributed by atoms with Crippen LogP contribution in [0.3, 0.4) is 0 Å². The van der Waals surface area contributed by atoms with E-state index in [-0.39, 0.29) is 26.8 Å². The van der Waals surface area contributed by atoms with Crippen LogP contribution in [-0.4, -0.2) is 52.3 Å². The number of anilines is 2. The monoisotopic (exact) mass is 529 g/mol. The Morgan fingerprint density at radius 3 is 2.25 bits per heavy atom. The van der Waals surface area contributed by atoms with Crippen LogP contribution < -0.4 is 9.62 Å². The van der Waals surface area contributed by atoms with E-state index in [1.807, 2.05) is 0 Å². The molecule has 0 unspecified atom stereocenters. The van der Waals surface area contributed by atoms with Crippen molar-refractivity contribution in [1.82, 2.24) is 4.31 Å². The number of piperidine rings is 1. The number of benzene rings is 3. The molecule has 11 heteroatoms. The number of hydrogen-bond acceptors (Lipinski definition) is 6. The molecule has 0 aromatic heterocycles. The molecule has 0 bridgehead atoms. The molecular weight excluding hydrogens is 502 g/mol. The first kappa shape index (κ1) is 25.7. The second-order valence-electron chi connectivity index (χ2n) is 8.43. The van der Waals surface area contributed by atoms with Crippen molar-refractivity contribution in [2.45, 2.75) is 29.1 Å². The normalized spacial score (nSPS) is 14.8. The van der Waals surface area contributed by atoms with E-state index in [1.54, 1.807) is 30.3 Å². The van der Waals surface area contributed by atoms with Crippen molar-refractivity contribution in [1.29, 1.82) is 0 Å². The molecule has 3 aromatic carbocycles. The summed E-state index contributed by atoms with van der Waals surface area (Å²) >= 11 is 0. The number of amides is 1. The van der Waals surface area contributed by atoms with Crippen LogP contribution in [0.2, 0.25) is 0 Å². The summed E-state index contributed by atoms with van der Waals surface area (Å²) in [5, 5.41) is 12.8. The van der Waals surface area contributed by atoms with Crippen LogP contribution in [0.4, 0.5) is 11.4 Å². The van der Waals surface area contributed by atoms with Gasteiger partial charge in [0.25, 0.3) is 15.9 Å². The summed E-state index contributed by atoms with van der Waals surface area (Å²) in [4.78, 5) is 12.8. The van der Waals surface area contributed by atoms with Gasteiger partial charge in [0.1, 0.15) is 5.75 Å².